The number of fused-ring (bicyclic) bond motifs is 1. The Balaban J connectivity index is 1.68. The number of nitrogens with one attached hydrogen (secondary N) is 2. The Kier molecular flexibility index (Phi) is 4.43. The van der Waals surface area contributed by atoms with Crippen LogP contribution in [0.15, 0.2) is 30.6 Å². The number of benzene rings is 1. The van der Waals surface area contributed by atoms with Gasteiger partial charge in [0.05, 0.1) is 30.4 Å². The van der Waals surface area contributed by atoms with Crippen LogP contribution in [0.2, 0.25) is 0 Å². The predicted octanol–water partition coefficient (Wildman–Crippen LogP) is 3.24. The Morgan fingerprint density at radius 3 is 2.88 bits per heavy atom. The van der Waals surface area contributed by atoms with Crippen LogP contribution in [0.5, 0.6) is 5.75 Å². The van der Waals surface area contributed by atoms with E-state index in [1.165, 1.54) is 17.1 Å². The number of hydrogen-bond donors (Lipinski definition) is 2. The average molecular weight is 346 g/mol. The molecule has 0 atom stereocenters. The van der Waals surface area contributed by atoms with E-state index in [9.17, 15) is 14.0 Å². The lowest BCUT2D eigenvalue weighted by Gasteiger charge is -2.31. The number of Topliss-reactive ketones (excluding diaryl/α,β-unsaturated/α-hetero) is 1. The topological polar surface area (TPSA) is 85.3 Å². The first-order valence-electron chi connectivity index (χ1n) is 7.89. The summed E-state index contributed by atoms with van der Waals surface area (Å²) in [5, 5.41) is 9.18. The molecule has 0 saturated heterocycles. The molecule has 132 valence electrons. The van der Waals surface area contributed by atoms with Crippen molar-refractivity contribution in [3.63, 3.8) is 0 Å². The molecule has 1 aromatic carbocycles. The first-order chi connectivity index (χ1) is 11.9. The first kappa shape index (κ1) is 16.9. The lowest BCUT2D eigenvalue weighted by atomic mass is 9.93. The Morgan fingerprint density at radius 1 is 1.36 bits per heavy atom. The van der Waals surface area contributed by atoms with Crippen LogP contribution in [0.3, 0.4) is 0 Å². The SMILES string of the molecule is CC1(C)CC(=O)c2cc(NC(=O)Nc3cnn(CCF)c3)ccc2O1. The number of ketones is 1. The standard InChI is InChI=1S/C17H19FN4O3/c1-17(2)8-14(23)13-7-11(3-4-15(13)25-17)20-16(24)21-12-9-19-22(10-12)6-5-18/h3-4,7,9-10H,5-6,8H2,1-2H3,(H2,20,21,24). The van der Waals surface area contributed by atoms with Crippen LogP contribution >= 0.6 is 0 Å². The third-order valence-electron chi connectivity index (χ3n) is 3.72. The van der Waals surface area contributed by atoms with Gasteiger partial charge in [-0.05, 0) is 32.0 Å². The molecule has 0 unspecified atom stereocenters. The highest BCUT2D eigenvalue weighted by molar-refractivity contribution is 6.03. The third kappa shape index (κ3) is 3.96. The van der Waals surface area contributed by atoms with Gasteiger partial charge in [0.1, 0.15) is 18.0 Å². The number of urea groups is 1. The number of rotatable bonds is 4. The van der Waals surface area contributed by atoms with Gasteiger partial charge in [0.25, 0.3) is 0 Å². The minimum Gasteiger partial charge on any atom is -0.487 e. The van der Waals surface area contributed by atoms with E-state index in [1.54, 1.807) is 18.2 Å². The predicted molar refractivity (Wildman–Crippen MR) is 90.9 cm³/mol. The second-order valence-electron chi connectivity index (χ2n) is 6.43. The number of hydrogen-bond acceptors (Lipinski definition) is 4. The van der Waals surface area contributed by atoms with E-state index in [1.807, 2.05) is 13.8 Å². The van der Waals surface area contributed by atoms with Crippen LogP contribution in [0.1, 0.15) is 30.6 Å². The van der Waals surface area contributed by atoms with E-state index < -0.39 is 18.3 Å². The molecule has 25 heavy (non-hydrogen) atoms. The maximum absolute atomic E-state index is 12.3. The van der Waals surface area contributed by atoms with Crippen LogP contribution in [-0.2, 0) is 6.54 Å². The summed E-state index contributed by atoms with van der Waals surface area (Å²) >= 11 is 0. The van der Waals surface area contributed by atoms with E-state index in [4.69, 9.17) is 4.74 Å². The highest BCUT2D eigenvalue weighted by atomic mass is 19.1. The number of carbonyl (C=O) groups excluding carboxylic acids is 2. The van der Waals surface area contributed by atoms with Gasteiger partial charge in [0.2, 0.25) is 0 Å². The van der Waals surface area contributed by atoms with Gasteiger partial charge in [-0.1, -0.05) is 0 Å². The molecule has 1 aliphatic rings. The second kappa shape index (κ2) is 6.54. The van der Waals surface area contributed by atoms with Gasteiger partial charge in [0, 0.05) is 11.9 Å². The molecule has 1 aliphatic heterocycles. The lowest BCUT2D eigenvalue weighted by Crippen LogP contribution is -2.35. The summed E-state index contributed by atoms with van der Waals surface area (Å²) in [4.78, 5) is 24.3. The van der Waals surface area contributed by atoms with Gasteiger partial charge in [-0.25, -0.2) is 9.18 Å². The Hall–Kier alpha value is -2.90. The summed E-state index contributed by atoms with van der Waals surface area (Å²) in [6.07, 6.45) is 3.25. The molecule has 0 aliphatic carbocycles. The Labute approximate surface area is 144 Å². The number of amides is 2. The fraction of sp³-hybridized carbons (Fsp3) is 0.353. The molecule has 7 nitrogen and oxygen atoms in total. The lowest BCUT2D eigenvalue weighted by molar-refractivity contribution is 0.0620. The van der Waals surface area contributed by atoms with Crippen molar-refractivity contribution in [3.8, 4) is 5.75 Å². The zero-order valence-corrected chi connectivity index (χ0v) is 14.0. The maximum atomic E-state index is 12.3. The number of aromatic nitrogens is 2. The molecule has 3 rings (SSSR count). The van der Waals surface area contributed by atoms with Crippen molar-refractivity contribution in [1.29, 1.82) is 0 Å². The van der Waals surface area contributed by atoms with Gasteiger partial charge in [-0.15, -0.1) is 0 Å². The molecule has 8 heteroatoms. The van der Waals surface area contributed by atoms with Crippen LogP contribution in [0, 0.1) is 0 Å². The Bertz CT molecular complexity index is 816. The highest BCUT2D eigenvalue weighted by Gasteiger charge is 2.32. The zero-order chi connectivity index (χ0) is 18.0. The highest BCUT2D eigenvalue weighted by Crippen LogP contribution is 2.34. The largest absolute Gasteiger partial charge is 0.487 e. The fourth-order valence-electron chi connectivity index (χ4n) is 2.66. The number of halogens is 1. The minimum atomic E-state index is -0.532. The normalized spacial score (nSPS) is 15.2. The van der Waals surface area contributed by atoms with Gasteiger partial charge in [-0.2, -0.15) is 5.10 Å². The molecule has 2 heterocycles. The summed E-state index contributed by atoms with van der Waals surface area (Å²) in [5.74, 6) is 0.488. The number of carbonyl (C=O) groups is 2. The summed E-state index contributed by atoms with van der Waals surface area (Å²) in [6.45, 7) is 3.31. The summed E-state index contributed by atoms with van der Waals surface area (Å²) in [7, 11) is 0. The molecule has 1 aromatic heterocycles. The van der Waals surface area contributed by atoms with Crippen LogP contribution < -0.4 is 15.4 Å². The summed E-state index contributed by atoms with van der Waals surface area (Å²) in [6, 6.07) is 4.45. The van der Waals surface area contributed by atoms with E-state index in [-0.39, 0.29) is 18.7 Å². The average Bonchev–Trinajstić information content (AvgIpc) is 2.94. The van der Waals surface area contributed by atoms with Gasteiger partial charge in [0.15, 0.2) is 5.78 Å². The first-order valence-corrected chi connectivity index (χ1v) is 7.89. The smallest absolute Gasteiger partial charge is 0.323 e. The number of aryl methyl sites for hydroxylation is 1. The van der Waals surface area contributed by atoms with Gasteiger partial charge < -0.3 is 15.4 Å². The minimum absolute atomic E-state index is 0.0252. The van der Waals surface area contributed by atoms with Gasteiger partial charge in [-0.3, -0.25) is 9.48 Å². The zero-order valence-electron chi connectivity index (χ0n) is 14.0. The molecule has 0 saturated carbocycles. The molecular weight excluding hydrogens is 327 g/mol. The number of anilines is 2. The maximum Gasteiger partial charge on any atom is 0.323 e. The van der Waals surface area contributed by atoms with Crippen molar-refractivity contribution in [3.05, 3.63) is 36.2 Å². The monoisotopic (exact) mass is 346 g/mol. The van der Waals surface area contributed by atoms with Crippen LogP contribution in [0.25, 0.3) is 0 Å². The third-order valence-corrected chi connectivity index (χ3v) is 3.72. The molecule has 0 radical (unpaired) electrons. The molecule has 2 N–H and O–H groups in total. The quantitative estimate of drug-likeness (QED) is 0.890. The molecular formula is C17H19FN4O3. The van der Waals surface area contributed by atoms with Crippen molar-refractivity contribution in [2.75, 3.05) is 17.3 Å². The summed E-state index contributed by atoms with van der Waals surface area (Å²) < 4.78 is 19.4. The number of ether oxygens (including phenoxy) is 1. The van der Waals surface area contributed by atoms with E-state index >= 15 is 0 Å². The molecule has 0 spiro atoms. The van der Waals surface area contributed by atoms with Gasteiger partial charge >= 0.3 is 6.03 Å². The van der Waals surface area contributed by atoms with Crippen molar-refractivity contribution in [2.45, 2.75) is 32.4 Å². The Morgan fingerprint density at radius 2 is 2.12 bits per heavy atom. The van der Waals surface area contributed by atoms with Crippen LogP contribution in [0.4, 0.5) is 20.6 Å². The van der Waals surface area contributed by atoms with Crippen molar-refractivity contribution in [1.82, 2.24) is 9.78 Å². The van der Waals surface area contributed by atoms with Crippen LogP contribution in [-0.4, -0.2) is 33.9 Å². The summed E-state index contributed by atoms with van der Waals surface area (Å²) in [5.41, 5.74) is 0.845. The molecule has 2 aromatic rings. The second-order valence-corrected chi connectivity index (χ2v) is 6.43. The van der Waals surface area contributed by atoms with Crippen molar-refractivity contribution < 1.29 is 18.7 Å². The number of alkyl halides is 1. The van der Waals surface area contributed by atoms with Crippen molar-refractivity contribution in [2.24, 2.45) is 0 Å². The van der Waals surface area contributed by atoms with Crippen molar-refractivity contribution >= 4 is 23.2 Å². The van der Waals surface area contributed by atoms with E-state index in [2.05, 4.69) is 15.7 Å². The molecule has 0 bridgehead atoms. The van der Waals surface area contributed by atoms with E-state index in [0.717, 1.165) is 0 Å². The van der Waals surface area contributed by atoms with E-state index in [0.29, 0.717) is 22.7 Å². The number of nitrogens with zero attached hydrogens (tertiary/aromatic N) is 2. The fourth-order valence-corrected chi connectivity index (χ4v) is 2.66. The molecule has 0 fully saturated rings. The molecule has 2 amide bonds.